The zero-order valence-corrected chi connectivity index (χ0v) is 12.7. The van der Waals surface area contributed by atoms with E-state index in [0.717, 1.165) is 18.4 Å². The van der Waals surface area contributed by atoms with Crippen molar-refractivity contribution in [2.24, 2.45) is 11.8 Å². The van der Waals surface area contributed by atoms with E-state index in [2.05, 4.69) is 64.3 Å². The topological polar surface area (TPSA) is 15.3 Å². The zero-order chi connectivity index (χ0) is 12.8. The first kappa shape index (κ1) is 12.6. The third kappa shape index (κ3) is 2.13. The molecule has 3 rings (SSSR count). The summed E-state index contributed by atoms with van der Waals surface area (Å²) in [5.41, 5.74) is 1.72. The van der Waals surface area contributed by atoms with E-state index in [-0.39, 0.29) is 0 Å². The van der Waals surface area contributed by atoms with Crippen molar-refractivity contribution in [2.45, 2.75) is 25.9 Å². The first-order chi connectivity index (χ1) is 8.57. The predicted molar refractivity (Wildman–Crippen MR) is 78.5 cm³/mol. The lowest BCUT2D eigenvalue weighted by Gasteiger charge is -2.35. The molecule has 1 N–H and O–H groups in total. The number of benzene rings is 1. The van der Waals surface area contributed by atoms with E-state index in [1.54, 1.807) is 0 Å². The van der Waals surface area contributed by atoms with Gasteiger partial charge in [-0.05, 0) is 49.9 Å². The molecule has 2 aliphatic heterocycles. The number of fused-ring (bicyclic) bond motifs is 1. The highest BCUT2D eigenvalue weighted by Gasteiger charge is 2.49. The Kier molecular flexibility index (Phi) is 3.25. The van der Waals surface area contributed by atoms with Gasteiger partial charge in [0, 0.05) is 29.6 Å². The van der Waals surface area contributed by atoms with Crippen LogP contribution in [-0.4, -0.2) is 30.1 Å². The lowest BCUT2D eigenvalue weighted by atomic mass is 9.85. The van der Waals surface area contributed by atoms with Gasteiger partial charge >= 0.3 is 0 Å². The summed E-state index contributed by atoms with van der Waals surface area (Å²) in [6.07, 6.45) is 0. The van der Waals surface area contributed by atoms with Crippen molar-refractivity contribution < 1.29 is 0 Å². The zero-order valence-electron chi connectivity index (χ0n) is 11.1. The fourth-order valence-corrected chi connectivity index (χ4v) is 4.08. The summed E-state index contributed by atoms with van der Waals surface area (Å²) in [4.78, 5) is 2.66. The summed E-state index contributed by atoms with van der Waals surface area (Å²) in [6.45, 7) is 9.50. The Hall–Kier alpha value is -0.380. The van der Waals surface area contributed by atoms with E-state index in [4.69, 9.17) is 0 Å². The average molecular weight is 309 g/mol. The molecule has 0 aromatic heterocycles. The molecule has 0 saturated carbocycles. The molecule has 3 heteroatoms. The summed E-state index contributed by atoms with van der Waals surface area (Å²) in [5.74, 6) is 1.65. The van der Waals surface area contributed by atoms with Crippen molar-refractivity contribution in [3.8, 4) is 0 Å². The van der Waals surface area contributed by atoms with Crippen LogP contribution in [0.2, 0.25) is 0 Å². The number of rotatable bonds is 2. The van der Waals surface area contributed by atoms with Gasteiger partial charge in [0.2, 0.25) is 0 Å². The van der Waals surface area contributed by atoms with E-state index in [1.165, 1.54) is 29.7 Å². The van der Waals surface area contributed by atoms with Crippen LogP contribution in [0, 0.1) is 11.8 Å². The third-order valence-corrected chi connectivity index (χ3v) is 5.27. The Bertz CT molecular complexity index is 444. The molecule has 1 aromatic rings. The van der Waals surface area contributed by atoms with E-state index >= 15 is 0 Å². The van der Waals surface area contributed by atoms with Gasteiger partial charge in [0.1, 0.15) is 0 Å². The van der Waals surface area contributed by atoms with Crippen molar-refractivity contribution in [3.63, 3.8) is 0 Å². The first-order valence-electron chi connectivity index (χ1n) is 6.77. The fraction of sp³-hybridized carbons (Fsp3) is 0.600. The van der Waals surface area contributed by atoms with Gasteiger partial charge in [0.25, 0.3) is 0 Å². The van der Waals surface area contributed by atoms with Crippen LogP contribution in [0.25, 0.3) is 0 Å². The van der Waals surface area contributed by atoms with Crippen LogP contribution >= 0.6 is 15.9 Å². The molecule has 98 valence electrons. The monoisotopic (exact) mass is 308 g/mol. The molecule has 0 spiro atoms. The molecular weight excluding hydrogens is 288 g/mol. The average Bonchev–Trinajstić information content (AvgIpc) is 2.84. The SMILES string of the molecule is CC1(C)C2CNCC2CN1Cc1cccc(Br)c1. The minimum atomic E-state index is 0.316. The number of hydrogen-bond acceptors (Lipinski definition) is 2. The smallest absolute Gasteiger partial charge is 0.0239 e. The molecule has 2 aliphatic rings. The molecular formula is C15H21BrN2. The molecule has 1 aromatic carbocycles. The Labute approximate surface area is 118 Å². The molecule has 0 bridgehead atoms. The van der Waals surface area contributed by atoms with Crippen molar-refractivity contribution >= 4 is 15.9 Å². The molecule has 2 heterocycles. The van der Waals surface area contributed by atoms with E-state index in [9.17, 15) is 0 Å². The molecule has 2 saturated heterocycles. The standard InChI is InChI=1S/C15H21BrN2/c1-15(2)14-8-17-7-12(14)10-18(15)9-11-4-3-5-13(16)6-11/h3-6,12,14,17H,7-10H2,1-2H3. The highest BCUT2D eigenvalue weighted by atomic mass is 79.9. The van der Waals surface area contributed by atoms with Gasteiger partial charge < -0.3 is 5.32 Å². The highest BCUT2D eigenvalue weighted by molar-refractivity contribution is 9.10. The molecule has 0 aliphatic carbocycles. The van der Waals surface area contributed by atoms with Gasteiger partial charge in [-0.25, -0.2) is 0 Å². The summed E-state index contributed by atoms with van der Waals surface area (Å²) in [5, 5.41) is 3.54. The molecule has 18 heavy (non-hydrogen) atoms. The van der Waals surface area contributed by atoms with Crippen LogP contribution < -0.4 is 5.32 Å². The second kappa shape index (κ2) is 4.62. The van der Waals surface area contributed by atoms with Gasteiger partial charge in [-0.15, -0.1) is 0 Å². The maximum Gasteiger partial charge on any atom is 0.0239 e. The highest BCUT2D eigenvalue weighted by Crippen LogP contribution is 2.41. The Morgan fingerprint density at radius 2 is 2.22 bits per heavy atom. The Morgan fingerprint density at radius 3 is 2.94 bits per heavy atom. The molecule has 0 radical (unpaired) electrons. The number of halogens is 1. The molecule has 2 unspecified atom stereocenters. The van der Waals surface area contributed by atoms with Gasteiger partial charge in [-0.1, -0.05) is 28.1 Å². The van der Waals surface area contributed by atoms with Crippen LogP contribution in [0.4, 0.5) is 0 Å². The predicted octanol–water partition coefficient (Wildman–Crippen LogP) is 2.88. The number of nitrogens with one attached hydrogen (secondary N) is 1. The summed E-state index contributed by atoms with van der Waals surface area (Å²) >= 11 is 3.56. The second-order valence-electron chi connectivity index (χ2n) is 6.19. The van der Waals surface area contributed by atoms with Crippen molar-refractivity contribution in [2.75, 3.05) is 19.6 Å². The molecule has 2 fully saturated rings. The van der Waals surface area contributed by atoms with Gasteiger partial charge in [-0.3, -0.25) is 4.90 Å². The molecule has 2 nitrogen and oxygen atoms in total. The van der Waals surface area contributed by atoms with Gasteiger partial charge in [0.15, 0.2) is 0 Å². The number of hydrogen-bond donors (Lipinski definition) is 1. The largest absolute Gasteiger partial charge is 0.316 e. The van der Waals surface area contributed by atoms with Gasteiger partial charge in [0.05, 0.1) is 0 Å². The quantitative estimate of drug-likeness (QED) is 0.904. The van der Waals surface area contributed by atoms with E-state index in [0.29, 0.717) is 5.54 Å². The lowest BCUT2D eigenvalue weighted by Crippen LogP contribution is -2.43. The summed E-state index contributed by atoms with van der Waals surface area (Å²) in [7, 11) is 0. The minimum absolute atomic E-state index is 0.316. The van der Waals surface area contributed by atoms with Crippen molar-refractivity contribution in [1.29, 1.82) is 0 Å². The Balaban J connectivity index is 1.77. The van der Waals surface area contributed by atoms with Crippen LogP contribution in [-0.2, 0) is 6.54 Å². The summed E-state index contributed by atoms with van der Waals surface area (Å²) in [6, 6.07) is 8.69. The number of likely N-dealkylation sites (tertiary alicyclic amines) is 1. The minimum Gasteiger partial charge on any atom is -0.316 e. The molecule has 2 atom stereocenters. The van der Waals surface area contributed by atoms with E-state index in [1.807, 2.05) is 0 Å². The molecule has 0 amide bonds. The van der Waals surface area contributed by atoms with E-state index < -0.39 is 0 Å². The first-order valence-corrected chi connectivity index (χ1v) is 7.57. The van der Waals surface area contributed by atoms with Crippen molar-refractivity contribution in [1.82, 2.24) is 10.2 Å². The lowest BCUT2D eigenvalue weighted by molar-refractivity contribution is 0.132. The maximum absolute atomic E-state index is 3.56. The maximum atomic E-state index is 3.56. The van der Waals surface area contributed by atoms with Crippen LogP contribution in [0.5, 0.6) is 0 Å². The summed E-state index contributed by atoms with van der Waals surface area (Å²) < 4.78 is 1.18. The normalized spacial score (nSPS) is 30.6. The van der Waals surface area contributed by atoms with Crippen LogP contribution in [0.15, 0.2) is 28.7 Å². The second-order valence-corrected chi connectivity index (χ2v) is 7.10. The van der Waals surface area contributed by atoms with Crippen LogP contribution in [0.1, 0.15) is 19.4 Å². The van der Waals surface area contributed by atoms with Gasteiger partial charge in [-0.2, -0.15) is 0 Å². The van der Waals surface area contributed by atoms with Crippen molar-refractivity contribution in [3.05, 3.63) is 34.3 Å². The Morgan fingerprint density at radius 1 is 1.39 bits per heavy atom. The number of nitrogens with zero attached hydrogens (tertiary/aromatic N) is 1. The fourth-order valence-electron chi connectivity index (χ4n) is 3.63. The van der Waals surface area contributed by atoms with Crippen LogP contribution in [0.3, 0.4) is 0 Å². The third-order valence-electron chi connectivity index (χ3n) is 4.78.